The molecular weight excluding hydrogens is 308 g/mol. The Balaban J connectivity index is 3.25. The summed E-state index contributed by atoms with van der Waals surface area (Å²) in [6.07, 6.45) is 2.12. The fourth-order valence-electron chi connectivity index (χ4n) is 2.60. The molecule has 0 amide bonds. The molecule has 0 radical (unpaired) electrons. The Labute approximate surface area is 143 Å². The quantitative estimate of drug-likeness (QED) is 0.427. The van der Waals surface area contributed by atoms with Gasteiger partial charge < -0.3 is 14.6 Å². The number of carbonyl (C=O) groups is 2. The third-order valence-corrected chi connectivity index (χ3v) is 3.69. The van der Waals surface area contributed by atoms with Crippen LogP contribution in [0.15, 0.2) is 42.0 Å². The Morgan fingerprint density at radius 3 is 2.08 bits per heavy atom. The normalized spacial score (nSPS) is 12.8. The van der Waals surface area contributed by atoms with Gasteiger partial charge in [0.05, 0.1) is 19.8 Å². The number of aliphatic hydroxyl groups is 1. The number of benzene rings is 1. The van der Waals surface area contributed by atoms with Gasteiger partial charge in [-0.05, 0) is 32.8 Å². The molecular formula is C19H26O5. The lowest BCUT2D eigenvalue weighted by molar-refractivity contribution is -0.162. The second kappa shape index (κ2) is 10.6. The van der Waals surface area contributed by atoms with Crippen LogP contribution in [-0.2, 0) is 19.1 Å². The maximum atomic E-state index is 12.4. The van der Waals surface area contributed by atoms with Gasteiger partial charge in [-0.3, -0.25) is 9.59 Å². The molecule has 0 spiro atoms. The van der Waals surface area contributed by atoms with Gasteiger partial charge in [0.25, 0.3) is 0 Å². The zero-order valence-corrected chi connectivity index (χ0v) is 14.5. The fourth-order valence-corrected chi connectivity index (χ4v) is 2.60. The first-order valence-electron chi connectivity index (χ1n) is 8.19. The van der Waals surface area contributed by atoms with E-state index in [1.807, 2.05) is 37.3 Å². The van der Waals surface area contributed by atoms with Gasteiger partial charge in [-0.15, -0.1) is 0 Å². The van der Waals surface area contributed by atoms with E-state index >= 15 is 0 Å². The van der Waals surface area contributed by atoms with Crippen molar-refractivity contribution in [3.8, 4) is 0 Å². The van der Waals surface area contributed by atoms with Crippen LogP contribution < -0.4 is 0 Å². The maximum Gasteiger partial charge on any atom is 0.320 e. The highest BCUT2D eigenvalue weighted by atomic mass is 16.6. The van der Waals surface area contributed by atoms with Crippen LogP contribution in [0.25, 0.3) is 0 Å². The van der Waals surface area contributed by atoms with Crippen molar-refractivity contribution >= 4 is 11.9 Å². The lowest BCUT2D eigenvalue weighted by Gasteiger charge is -2.25. The third kappa shape index (κ3) is 5.81. The van der Waals surface area contributed by atoms with Crippen molar-refractivity contribution in [2.45, 2.75) is 33.1 Å². The van der Waals surface area contributed by atoms with E-state index in [9.17, 15) is 9.59 Å². The van der Waals surface area contributed by atoms with Crippen LogP contribution >= 0.6 is 0 Å². The Hall–Kier alpha value is -2.14. The summed E-state index contributed by atoms with van der Waals surface area (Å²) in [6, 6.07) is 9.35. The number of aliphatic hydroxyl groups excluding tert-OH is 1. The summed E-state index contributed by atoms with van der Waals surface area (Å²) < 4.78 is 10.2. The van der Waals surface area contributed by atoms with Crippen molar-refractivity contribution in [1.82, 2.24) is 0 Å². The summed E-state index contributed by atoms with van der Waals surface area (Å²) in [5, 5.41) is 9.09. The zero-order chi connectivity index (χ0) is 17.9. The molecule has 0 aliphatic carbocycles. The smallest absolute Gasteiger partial charge is 0.320 e. The molecule has 132 valence electrons. The standard InChI is InChI=1S/C19H26O5/c1-4-23-18(21)17(19(22)24-5-2)16(13-14(3)11-12-20)15-9-7-6-8-10-15/h6-11,16-17,20H,4-5,12-13H2,1-3H3/b14-11+/t16-/m1/s1. The summed E-state index contributed by atoms with van der Waals surface area (Å²) >= 11 is 0. The Bertz CT molecular complexity index is 532. The second-order valence-electron chi connectivity index (χ2n) is 5.44. The second-order valence-corrected chi connectivity index (χ2v) is 5.44. The number of esters is 2. The zero-order valence-electron chi connectivity index (χ0n) is 14.5. The van der Waals surface area contributed by atoms with Crippen molar-refractivity contribution in [2.24, 2.45) is 5.92 Å². The van der Waals surface area contributed by atoms with Crippen molar-refractivity contribution in [2.75, 3.05) is 19.8 Å². The predicted molar refractivity (Wildman–Crippen MR) is 91.4 cm³/mol. The van der Waals surface area contributed by atoms with Gasteiger partial charge in [0, 0.05) is 5.92 Å². The monoisotopic (exact) mass is 334 g/mol. The first-order chi connectivity index (χ1) is 11.5. The summed E-state index contributed by atoms with van der Waals surface area (Å²) in [7, 11) is 0. The van der Waals surface area contributed by atoms with E-state index in [4.69, 9.17) is 14.6 Å². The van der Waals surface area contributed by atoms with Gasteiger partial charge in [0.2, 0.25) is 0 Å². The van der Waals surface area contributed by atoms with Crippen LogP contribution in [0.4, 0.5) is 0 Å². The van der Waals surface area contributed by atoms with Crippen LogP contribution in [-0.4, -0.2) is 36.9 Å². The van der Waals surface area contributed by atoms with E-state index in [0.29, 0.717) is 6.42 Å². The molecule has 0 unspecified atom stereocenters. The minimum atomic E-state index is -1.03. The van der Waals surface area contributed by atoms with Gasteiger partial charge in [-0.2, -0.15) is 0 Å². The molecule has 0 heterocycles. The van der Waals surface area contributed by atoms with Gasteiger partial charge in [-0.1, -0.05) is 42.0 Å². The first-order valence-corrected chi connectivity index (χ1v) is 8.19. The van der Waals surface area contributed by atoms with Crippen LogP contribution in [0.2, 0.25) is 0 Å². The molecule has 1 aromatic rings. The van der Waals surface area contributed by atoms with Crippen LogP contribution in [0.5, 0.6) is 0 Å². The minimum absolute atomic E-state index is 0.0865. The number of rotatable bonds is 9. The maximum absolute atomic E-state index is 12.4. The predicted octanol–water partition coefficient (Wildman–Crippen LogP) is 2.84. The Kier molecular flexibility index (Phi) is 8.79. The van der Waals surface area contributed by atoms with E-state index in [0.717, 1.165) is 11.1 Å². The highest BCUT2D eigenvalue weighted by Gasteiger charge is 2.38. The molecule has 1 N–H and O–H groups in total. The largest absolute Gasteiger partial charge is 0.465 e. The molecule has 0 aromatic heterocycles. The summed E-state index contributed by atoms with van der Waals surface area (Å²) in [4.78, 5) is 24.8. The number of allylic oxidation sites excluding steroid dienone is 1. The molecule has 0 fully saturated rings. The minimum Gasteiger partial charge on any atom is -0.465 e. The molecule has 0 aliphatic heterocycles. The van der Waals surface area contributed by atoms with E-state index in [-0.39, 0.29) is 19.8 Å². The summed E-state index contributed by atoms with van der Waals surface area (Å²) in [5.41, 5.74) is 1.75. The van der Waals surface area contributed by atoms with E-state index in [1.54, 1.807) is 19.9 Å². The number of hydrogen-bond donors (Lipinski definition) is 1. The highest BCUT2D eigenvalue weighted by molar-refractivity contribution is 5.96. The molecule has 1 rings (SSSR count). The molecule has 0 saturated carbocycles. The van der Waals surface area contributed by atoms with Crippen LogP contribution in [0.3, 0.4) is 0 Å². The van der Waals surface area contributed by atoms with Crippen LogP contribution in [0, 0.1) is 5.92 Å². The SMILES string of the molecule is CCOC(=O)C(C(=O)OCC)[C@H](C/C(C)=C/CO)c1ccccc1. The summed E-state index contributed by atoms with van der Waals surface area (Å²) in [5.74, 6) is -2.61. The Morgan fingerprint density at radius 2 is 1.62 bits per heavy atom. The molecule has 1 atom stereocenters. The molecule has 1 aromatic carbocycles. The van der Waals surface area contributed by atoms with E-state index in [1.165, 1.54) is 0 Å². The van der Waals surface area contributed by atoms with Crippen LogP contribution in [0.1, 0.15) is 38.7 Å². The molecule has 0 saturated heterocycles. The van der Waals surface area contributed by atoms with Gasteiger partial charge >= 0.3 is 11.9 Å². The first kappa shape index (κ1) is 19.9. The topological polar surface area (TPSA) is 72.8 Å². The molecule has 24 heavy (non-hydrogen) atoms. The lowest BCUT2D eigenvalue weighted by atomic mass is 9.81. The van der Waals surface area contributed by atoms with Gasteiger partial charge in [0.15, 0.2) is 5.92 Å². The molecule has 5 nitrogen and oxygen atoms in total. The average Bonchev–Trinajstić information content (AvgIpc) is 2.56. The van der Waals surface area contributed by atoms with Crippen molar-refractivity contribution in [3.63, 3.8) is 0 Å². The molecule has 0 bridgehead atoms. The highest BCUT2D eigenvalue weighted by Crippen LogP contribution is 2.33. The lowest BCUT2D eigenvalue weighted by Crippen LogP contribution is -2.33. The van der Waals surface area contributed by atoms with Gasteiger partial charge in [0.1, 0.15) is 0 Å². The number of hydrogen-bond acceptors (Lipinski definition) is 5. The van der Waals surface area contributed by atoms with E-state index < -0.39 is 23.8 Å². The fraction of sp³-hybridized carbons (Fsp3) is 0.474. The van der Waals surface area contributed by atoms with Gasteiger partial charge in [-0.25, -0.2) is 0 Å². The number of carbonyl (C=O) groups excluding carboxylic acids is 2. The number of ether oxygens (including phenoxy) is 2. The Morgan fingerprint density at radius 1 is 1.08 bits per heavy atom. The average molecular weight is 334 g/mol. The molecule has 5 heteroatoms. The molecule has 0 aliphatic rings. The van der Waals surface area contributed by atoms with Crippen molar-refractivity contribution < 1.29 is 24.2 Å². The third-order valence-electron chi connectivity index (χ3n) is 3.69. The van der Waals surface area contributed by atoms with Crippen molar-refractivity contribution in [3.05, 3.63) is 47.5 Å². The van der Waals surface area contributed by atoms with Crippen molar-refractivity contribution in [1.29, 1.82) is 0 Å². The van der Waals surface area contributed by atoms with E-state index in [2.05, 4.69) is 0 Å². The summed E-state index contributed by atoms with van der Waals surface area (Å²) in [6.45, 7) is 5.57.